The lowest BCUT2D eigenvalue weighted by atomic mass is 10.2. The van der Waals surface area contributed by atoms with E-state index in [-0.39, 0.29) is 18.4 Å². The smallest absolute Gasteiger partial charge is 0.262 e. The molecule has 0 spiro atoms. The number of anilines is 2. The third-order valence-electron chi connectivity index (χ3n) is 4.69. The number of carbonyl (C=O) groups excluding carboxylic acids is 2. The standard InChI is InChI=1S/C25H22N4O4/c1-32-22-9-5-6-19(16-22)26-24(30)17-33-21-12-10-18(11-13-21)25(31)27-23-14-15-29(28-23)20-7-3-2-4-8-20/h2-16H,17H2,1H3,(H,26,30)(H,27,28,31). The number of methoxy groups -OCH3 is 1. The summed E-state index contributed by atoms with van der Waals surface area (Å²) < 4.78 is 12.3. The fourth-order valence-electron chi connectivity index (χ4n) is 3.05. The number of ether oxygens (including phenoxy) is 2. The van der Waals surface area contributed by atoms with Gasteiger partial charge in [0, 0.05) is 29.6 Å². The van der Waals surface area contributed by atoms with E-state index in [0.29, 0.717) is 28.6 Å². The van der Waals surface area contributed by atoms with Gasteiger partial charge in [0.1, 0.15) is 11.5 Å². The summed E-state index contributed by atoms with van der Waals surface area (Å²) in [6, 6.07) is 24.9. The van der Waals surface area contributed by atoms with E-state index in [2.05, 4.69) is 15.7 Å². The molecule has 8 heteroatoms. The molecule has 0 radical (unpaired) electrons. The highest BCUT2D eigenvalue weighted by Gasteiger charge is 2.10. The Morgan fingerprint density at radius 1 is 0.879 bits per heavy atom. The van der Waals surface area contributed by atoms with E-state index in [9.17, 15) is 9.59 Å². The van der Waals surface area contributed by atoms with Crippen molar-refractivity contribution in [3.8, 4) is 17.2 Å². The molecule has 8 nitrogen and oxygen atoms in total. The first-order valence-electron chi connectivity index (χ1n) is 10.2. The first-order valence-corrected chi connectivity index (χ1v) is 10.2. The van der Waals surface area contributed by atoms with Gasteiger partial charge in [-0.05, 0) is 48.5 Å². The van der Waals surface area contributed by atoms with Gasteiger partial charge in [0.25, 0.3) is 11.8 Å². The minimum Gasteiger partial charge on any atom is -0.497 e. The fourth-order valence-corrected chi connectivity index (χ4v) is 3.05. The highest BCUT2D eigenvalue weighted by atomic mass is 16.5. The van der Waals surface area contributed by atoms with Crippen LogP contribution in [0.25, 0.3) is 5.69 Å². The van der Waals surface area contributed by atoms with Crippen molar-refractivity contribution in [2.75, 3.05) is 24.4 Å². The second-order valence-electron chi connectivity index (χ2n) is 7.03. The van der Waals surface area contributed by atoms with Crippen LogP contribution >= 0.6 is 0 Å². The van der Waals surface area contributed by atoms with Gasteiger partial charge in [-0.2, -0.15) is 5.10 Å². The van der Waals surface area contributed by atoms with E-state index in [4.69, 9.17) is 9.47 Å². The molecule has 1 aromatic heterocycles. The number of hydrogen-bond acceptors (Lipinski definition) is 5. The average Bonchev–Trinajstić information content (AvgIpc) is 3.32. The number of hydrogen-bond donors (Lipinski definition) is 2. The summed E-state index contributed by atoms with van der Waals surface area (Å²) in [4.78, 5) is 24.6. The number of amides is 2. The lowest BCUT2D eigenvalue weighted by Gasteiger charge is -2.09. The Morgan fingerprint density at radius 2 is 1.67 bits per heavy atom. The molecule has 0 aliphatic rings. The third-order valence-corrected chi connectivity index (χ3v) is 4.69. The van der Waals surface area contributed by atoms with E-state index in [1.807, 2.05) is 30.3 Å². The fraction of sp³-hybridized carbons (Fsp3) is 0.0800. The van der Waals surface area contributed by atoms with Gasteiger partial charge in [0.2, 0.25) is 0 Å². The number of nitrogens with one attached hydrogen (secondary N) is 2. The van der Waals surface area contributed by atoms with Crippen LogP contribution in [0.4, 0.5) is 11.5 Å². The van der Waals surface area contributed by atoms with Crippen LogP contribution in [0.2, 0.25) is 0 Å². The van der Waals surface area contributed by atoms with Crippen LogP contribution in [0.1, 0.15) is 10.4 Å². The first-order chi connectivity index (χ1) is 16.1. The van der Waals surface area contributed by atoms with Crippen molar-refractivity contribution in [3.05, 3.63) is 96.7 Å². The molecule has 33 heavy (non-hydrogen) atoms. The topological polar surface area (TPSA) is 94.5 Å². The van der Waals surface area contributed by atoms with Crippen molar-refractivity contribution in [2.24, 2.45) is 0 Å². The number of rotatable bonds is 8. The summed E-state index contributed by atoms with van der Waals surface area (Å²) in [5, 5.41) is 9.87. The normalized spacial score (nSPS) is 10.3. The van der Waals surface area contributed by atoms with Gasteiger partial charge >= 0.3 is 0 Å². The van der Waals surface area contributed by atoms with Crippen molar-refractivity contribution >= 4 is 23.3 Å². The van der Waals surface area contributed by atoms with Crippen LogP contribution in [-0.4, -0.2) is 35.3 Å². The predicted octanol–water partition coefficient (Wildman–Crippen LogP) is 4.15. The van der Waals surface area contributed by atoms with E-state index in [0.717, 1.165) is 5.69 Å². The minimum atomic E-state index is -0.306. The van der Waals surface area contributed by atoms with Crippen LogP contribution in [0.3, 0.4) is 0 Å². The van der Waals surface area contributed by atoms with Gasteiger partial charge < -0.3 is 20.1 Å². The van der Waals surface area contributed by atoms with Crippen molar-refractivity contribution in [1.29, 1.82) is 0 Å². The van der Waals surface area contributed by atoms with E-state index >= 15 is 0 Å². The van der Waals surface area contributed by atoms with Gasteiger partial charge in [-0.15, -0.1) is 0 Å². The molecule has 4 rings (SSSR count). The number of aromatic nitrogens is 2. The molecule has 0 saturated heterocycles. The number of nitrogens with zero attached hydrogens (tertiary/aromatic N) is 2. The monoisotopic (exact) mass is 442 g/mol. The van der Waals surface area contributed by atoms with Gasteiger partial charge in [-0.25, -0.2) is 4.68 Å². The minimum absolute atomic E-state index is 0.167. The molecule has 0 saturated carbocycles. The van der Waals surface area contributed by atoms with Crippen LogP contribution in [0, 0.1) is 0 Å². The van der Waals surface area contributed by atoms with Gasteiger partial charge in [0.15, 0.2) is 12.4 Å². The molecule has 166 valence electrons. The molecule has 0 fully saturated rings. The molecule has 0 bridgehead atoms. The maximum Gasteiger partial charge on any atom is 0.262 e. The molecule has 0 unspecified atom stereocenters. The lowest BCUT2D eigenvalue weighted by molar-refractivity contribution is -0.118. The van der Waals surface area contributed by atoms with Gasteiger partial charge in [-0.1, -0.05) is 24.3 Å². The maximum absolute atomic E-state index is 12.5. The summed E-state index contributed by atoms with van der Waals surface area (Å²) >= 11 is 0. The highest BCUT2D eigenvalue weighted by molar-refractivity contribution is 6.03. The van der Waals surface area contributed by atoms with Gasteiger partial charge in [0.05, 0.1) is 12.8 Å². The zero-order valence-corrected chi connectivity index (χ0v) is 17.9. The maximum atomic E-state index is 12.5. The molecule has 2 N–H and O–H groups in total. The van der Waals surface area contributed by atoms with Crippen molar-refractivity contribution in [2.45, 2.75) is 0 Å². The molecule has 2 amide bonds. The van der Waals surface area contributed by atoms with Crippen molar-refractivity contribution < 1.29 is 19.1 Å². The first kappa shape index (κ1) is 21.6. The quantitative estimate of drug-likeness (QED) is 0.428. The summed E-state index contributed by atoms with van der Waals surface area (Å²) in [7, 11) is 1.56. The Morgan fingerprint density at radius 3 is 2.42 bits per heavy atom. The van der Waals surface area contributed by atoms with Crippen molar-refractivity contribution in [3.63, 3.8) is 0 Å². The zero-order chi connectivity index (χ0) is 23.0. The summed E-state index contributed by atoms with van der Waals surface area (Å²) in [5.74, 6) is 0.961. The molecule has 4 aromatic rings. The molecule has 3 aromatic carbocycles. The number of benzene rings is 3. The largest absolute Gasteiger partial charge is 0.497 e. The van der Waals surface area contributed by atoms with E-state index in [1.165, 1.54) is 0 Å². The van der Waals surface area contributed by atoms with E-state index in [1.54, 1.807) is 72.6 Å². The van der Waals surface area contributed by atoms with Gasteiger partial charge in [-0.3, -0.25) is 9.59 Å². The summed E-state index contributed by atoms with van der Waals surface area (Å²) in [5.41, 5.74) is 1.96. The highest BCUT2D eigenvalue weighted by Crippen LogP contribution is 2.17. The Hall–Kier alpha value is -4.59. The average molecular weight is 442 g/mol. The number of para-hydroxylation sites is 1. The summed E-state index contributed by atoms with van der Waals surface area (Å²) in [6.45, 7) is -0.167. The zero-order valence-electron chi connectivity index (χ0n) is 17.9. The van der Waals surface area contributed by atoms with E-state index < -0.39 is 0 Å². The Labute approximate surface area is 190 Å². The Bertz CT molecular complexity index is 1240. The Balaban J connectivity index is 1.29. The lowest BCUT2D eigenvalue weighted by Crippen LogP contribution is -2.20. The number of carbonyl (C=O) groups is 2. The predicted molar refractivity (Wildman–Crippen MR) is 125 cm³/mol. The molecular formula is C25H22N4O4. The van der Waals surface area contributed by atoms with Crippen LogP contribution in [0.15, 0.2) is 91.1 Å². The summed E-state index contributed by atoms with van der Waals surface area (Å²) in [6.07, 6.45) is 1.78. The molecular weight excluding hydrogens is 420 g/mol. The molecule has 0 aliphatic heterocycles. The molecule has 0 atom stereocenters. The van der Waals surface area contributed by atoms with Crippen molar-refractivity contribution in [1.82, 2.24) is 9.78 Å². The van der Waals surface area contributed by atoms with Crippen LogP contribution in [0.5, 0.6) is 11.5 Å². The van der Waals surface area contributed by atoms with Crippen LogP contribution in [-0.2, 0) is 4.79 Å². The third kappa shape index (κ3) is 5.76. The van der Waals surface area contributed by atoms with Crippen LogP contribution < -0.4 is 20.1 Å². The second-order valence-corrected chi connectivity index (χ2v) is 7.03. The Kier molecular flexibility index (Phi) is 6.65. The molecule has 1 heterocycles. The SMILES string of the molecule is COc1cccc(NC(=O)COc2ccc(C(=O)Nc3ccn(-c4ccccc4)n3)cc2)c1. The molecule has 0 aliphatic carbocycles. The second kappa shape index (κ2) is 10.1.